The SMILES string of the molecule is CC1=NN(c2ccc(C(=O)O)cc2)C(=O)/C1=C/c1cnn(C)c1C. The van der Waals surface area contributed by atoms with Crippen LogP contribution in [0.4, 0.5) is 5.69 Å². The minimum Gasteiger partial charge on any atom is -0.478 e. The molecule has 122 valence electrons. The minimum absolute atomic E-state index is 0.160. The second-order valence-corrected chi connectivity index (χ2v) is 5.52. The fourth-order valence-corrected chi connectivity index (χ4v) is 2.42. The molecule has 3 rings (SSSR count). The number of aromatic carboxylic acids is 1. The van der Waals surface area contributed by atoms with Crippen LogP contribution in [0.1, 0.15) is 28.5 Å². The molecule has 0 saturated heterocycles. The number of aromatic nitrogens is 2. The van der Waals surface area contributed by atoms with Gasteiger partial charge in [0, 0.05) is 18.3 Å². The van der Waals surface area contributed by atoms with Crippen LogP contribution in [0.5, 0.6) is 0 Å². The first-order valence-corrected chi connectivity index (χ1v) is 7.32. The maximum Gasteiger partial charge on any atom is 0.335 e. The summed E-state index contributed by atoms with van der Waals surface area (Å²) in [4.78, 5) is 23.6. The first-order valence-electron chi connectivity index (χ1n) is 7.32. The zero-order valence-corrected chi connectivity index (χ0v) is 13.5. The van der Waals surface area contributed by atoms with Gasteiger partial charge in [-0.05, 0) is 44.2 Å². The summed E-state index contributed by atoms with van der Waals surface area (Å²) in [6, 6.07) is 6.03. The maximum absolute atomic E-state index is 12.7. The number of aryl methyl sites for hydroxylation is 1. The molecule has 1 aliphatic heterocycles. The maximum atomic E-state index is 12.7. The number of carboxylic acid groups (broad SMARTS) is 1. The van der Waals surface area contributed by atoms with E-state index >= 15 is 0 Å². The van der Waals surface area contributed by atoms with E-state index in [4.69, 9.17) is 5.11 Å². The van der Waals surface area contributed by atoms with E-state index in [0.29, 0.717) is 17.0 Å². The summed E-state index contributed by atoms with van der Waals surface area (Å²) >= 11 is 0. The molecule has 0 radical (unpaired) electrons. The molecule has 0 bridgehead atoms. The zero-order valence-electron chi connectivity index (χ0n) is 13.5. The first-order chi connectivity index (χ1) is 11.4. The highest BCUT2D eigenvalue weighted by molar-refractivity contribution is 6.32. The van der Waals surface area contributed by atoms with Gasteiger partial charge >= 0.3 is 5.97 Å². The van der Waals surface area contributed by atoms with Crippen LogP contribution in [0.3, 0.4) is 0 Å². The predicted octanol–water partition coefficient (Wildman–Crippen LogP) is 2.23. The van der Waals surface area contributed by atoms with Crippen molar-refractivity contribution in [3.05, 3.63) is 52.9 Å². The molecule has 0 saturated carbocycles. The van der Waals surface area contributed by atoms with E-state index in [2.05, 4.69) is 10.2 Å². The minimum atomic E-state index is -1.01. The lowest BCUT2D eigenvalue weighted by Crippen LogP contribution is -2.21. The Balaban J connectivity index is 1.93. The van der Waals surface area contributed by atoms with Crippen molar-refractivity contribution in [1.29, 1.82) is 0 Å². The number of benzene rings is 1. The van der Waals surface area contributed by atoms with Gasteiger partial charge in [0.05, 0.1) is 28.7 Å². The zero-order chi connectivity index (χ0) is 17.4. The standard InChI is InChI=1S/C17H16N4O3/c1-10-15(8-13-9-18-20(3)11(13)2)16(22)21(19-10)14-6-4-12(5-7-14)17(23)24/h4-9H,1-3H3,(H,23,24)/b15-8+. The van der Waals surface area contributed by atoms with Gasteiger partial charge in [-0.3, -0.25) is 9.48 Å². The van der Waals surface area contributed by atoms with Crippen LogP contribution in [-0.4, -0.2) is 32.5 Å². The van der Waals surface area contributed by atoms with Crippen molar-refractivity contribution < 1.29 is 14.7 Å². The molecule has 1 amide bonds. The van der Waals surface area contributed by atoms with Crippen molar-refractivity contribution >= 4 is 29.4 Å². The Morgan fingerprint density at radius 3 is 2.42 bits per heavy atom. The summed E-state index contributed by atoms with van der Waals surface area (Å²) in [6.45, 7) is 3.69. The van der Waals surface area contributed by atoms with Gasteiger partial charge in [-0.15, -0.1) is 0 Å². The molecule has 0 unspecified atom stereocenters. The molecular weight excluding hydrogens is 308 g/mol. The van der Waals surface area contributed by atoms with E-state index in [1.165, 1.54) is 17.1 Å². The number of hydrogen-bond acceptors (Lipinski definition) is 4. The Bertz CT molecular complexity index is 891. The fourth-order valence-electron chi connectivity index (χ4n) is 2.42. The predicted molar refractivity (Wildman–Crippen MR) is 89.9 cm³/mol. The number of anilines is 1. The number of carboxylic acids is 1. The van der Waals surface area contributed by atoms with Crippen molar-refractivity contribution in [3.63, 3.8) is 0 Å². The molecule has 0 fully saturated rings. The first kappa shape index (κ1) is 15.7. The normalized spacial score (nSPS) is 16.0. The third kappa shape index (κ3) is 2.60. The van der Waals surface area contributed by atoms with Crippen LogP contribution in [0.25, 0.3) is 6.08 Å². The van der Waals surface area contributed by atoms with Crippen LogP contribution >= 0.6 is 0 Å². The average molecular weight is 324 g/mol. The lowest BCUT2D eigenvalue weighted by Gasteiger charge is -2.11. The Morgan fingerprint density at radius 2 is 1.88 bits per heavy atom. The van der Waals surface area contributed by atoms with Crippen molar-refractivity contribution in [2.75, 3.05) is 5.01 Å². The molecule has 2 aromatic rings. The number of carbonyl (C=O) groups is 2. The molecule has 1 aliphatic rings. The number of hydrazone groups is 1. The second kappa shape index (κ2) is 5.77. The van der Waals surface area contributed by atoms with Crippen LogP contribution in [-0.2, 0) is 11.8 Å². The molecule has 0 aliphatic carbocycles. The van der Waals surface area contributed by atoms with E-state index < -0.39 is 5.97 Å². The van der Waals surface area contributed by atoms with Crippen molar-refractivity contribution in [2.24, 2.45) is 12.1 Å². The van der Waals surface area contributed by atoms with Gasteiger partial charge in [-0.25, -0.2) is 4.79 Å². The topological polar surface area (TPSA) is 87.8 Å². The lowest BCUT2D eigenvalue weighted by molar-refractivity contribution is -0.114. The van der Waals surface area contributed by atoms with E-state index in [0.717, 1.165) is 11.3 Å². The average Bonchev–Trinajstić information content (AvgIpc) is 3.02. The molecule has 7 heteroatoms. The number of rotatable bonds is 3. The quantitative estimate of drug-likeness (QED) is 0.877. The number of nitrogens with zero attached hydrogens (tertiary/aromatic N) is 4. The summed E-state index contributed by atoms with van der Waals surface area (Å²) in [6.07, 6.45) is 3.47. The Kier molecular flexibility index (Phi) is 3.76. The third-order valence-corrected chi connectivity index (χ3v) is 3.99. The molecule has 0 spiro atoms. The fraction of sp³-hybridized carbons (Fsp3) is 0.176. The van der Waals surface area contributed by atoms with Crippen molar-refractivity contribution in [1.82, 2.24) is 9.78 Å². The Labute approximate surface area is 138 Å². The molecule has 1 N–H and O–H groups in total. The lowest BCUT2D eigenvalue weighted by atomic mass is 10.1. The Morgan fingerprint density at radius 1 is 1.21 bits per heavy atom. The van der Waals surface area contributed by atoms with Crippen LogP contribution in [0, 0.1) is 6.92 Å². The van der Waals surface area contributed by atoms with Gasteiger partial charge in [0.15, 0.2) is 0 Å². The van der Waals surface area contributed by atoms with E-state index in [-0.39, 0.29) is 11.5 Å². The van der Waals surface area contributed by atoms with Crippen LogP contribution < -0.4 is 5.01 Å². The van der Waals surface area contributed by atoms with Crippen LogP contribution in [0.15, 0.2) is 41.1 Å². The second-order valence-electron chi connectivity index (χ2n) is 5.52. The summed E-state index contributed by atoms with van der Waals surface area (Å²) in [5, 5.41) is 18.7. The summed E-state index contributed by atoms with van der Waals surface area (Å²) in [5.74, 6) is -1.26. The molecular formula is C17H16N4O3. The van der Waals surface area contributed by atoms with Crippen molar-refractivity contribution in [3.8, 4) is 0 Å². The van der Waals surface area contributed by atoms with Gasteiger partial charge in [0.1, 0.15) is 0 Å². The smallest absolute Gasteiger partial charge is 0.335 e. The van der Waals surface area contributed by atoms with E-state index in [1.54, 1.807) is 36.0 Å². The largest absolute Gasteiger partial charge is 0.478 e. The van der Waals surface area contributed by atoms with Gasteiger partial charge in [-0.2, -0.15) is 15.2 Å². The molecule has 7 nitrogen and oxygen atoms in total. The van der Waals surface area contributed by atoms with Gasteiger partial charge in [-0.1, -0.05) is 0 Å². The highest BCUT2D eigenvalue weighted by atomic mass is 16.4. The number of hydrogen-bond donors (Lipinski definition) is 1. The molecule has 1 aromatic carbocycles. The van der Waals surface area contributed by atoms with Gasteiger partial charge < -0.3 is 5.11 Å². The van der Waals surface area contributed by atoms with E-state index in [9.17, 15) is 9.59 Å². The molecule has 24 heavy (non-hydrogen) atoms. The monoisotopic (exact) mass is 324 g/mol. The summed E-state index contributed by atoms with van der Waals surface area (Å²) in [5.41, 5.74) is 3.59. The Hall–Kier alpha value is -3.22. The van der Waals surface area contributed by atoms with E-state index in [1.807, 2.05) is 14.0 Å². The number of amides is 1. The number of carbonyl (C=O) groups excluding carboxylic acids is 1. The summed E-state index contributed by atoms with van der Waals surface area (Å²) < 4.78 is 1.74. The van der Waals surface area contributed by atoms with Gasteiger partial charge in [0.25, 0.3) is 5.91 Å². The van der Waals surface area contributed by atoms with Gasteiger partial charge in [0.2, 0.25) is 0 Å². The molecule has 2 heterocycles. The third-order valence-electron chi connectivity index (χ3n) is 3.99. The van der Waals surface area contributed by atoms with Crippen molar-refractivity contribution in [2.45, 2.75) is 13.8 Å². The van der Waals surface area contributed by atoms with Crippen LogP contribution in [0.2, 0.25) is 0 Å². The molecule has 1 aromatic heterocycles. The molecule has 0 atom stereocenters. The highest BCUT2D eigenvalue weighted by Gasteiger charge is 2.29. The highest BCUT2D eigenvalue weighted by Crippen LogP contribution is 2.25. The summed E-state index contributed by atoms with van der Waals surface area (Å²) in [7, 11) is 1.84.